The lowest BCUT2D eigenvalue weighted by atomic mass is 10.0. The van der Waals surface area contributed by atoms with E-state index in [2.05, 4.69) is 10.4 Å². The van der Waals surface area contributed by atoms with Gasteiger partial charge in [0.25, 0.3) is 5.91 Å². The van der Waals surface area contributed by atoms with Crippen LogP contribution < -0.4 is 11.1 Å². The van der Waals surface area contributed by atoms with Crippen LogP contribution >= 0.6 is 11.6 Å². The molecule has 0 bridgehead atoms. The maximum atomic E-state index is 14.2. The number of benzene rings is 1. The van der Waals surface area contributed by atoms with Gasteiger partial charge in [-0.1, -0.05) is 17.7 Å². The molecule has 0 aliphatic carbocycles. The standard InChI is InChI=1S/C22H31ClFN5O3S/c1-14-17(11-15-7-8-19(18(23)12-15)33(31,32)28(5)6)20(21(30)26-22(2,3)4)29(27-14)13-16(24)9-10-25/h7-9,12H,10-11,13,25H2,1-6H3,(H,26,30)/b16-9-. The van der Waals surface area contributed by atoms with E-state index in [1.54, 1.807) is 19.1 Å². The van der Waals surface area contributed by atoms with E-state index in [4.69, 9.17) is 17.3 Å². The van der Waals surface area contributed by atoms with E-state index >= 15 is 0 Å². The number of hydrogen-bond donors (Lipinski definition) is 2. The highest BCUT2D eigenvalue weighted by Crippen LogP contribution is 2.27. The fourth-order valence-electron chi connectivity index (χ4n) is 3.20. The number of halogens is 2. The number of aromatic nitrogens is 2. The largest absolute Gasteiger partial charge is 0.346 e. The van der Waals surface area contributed by atoms with E-state index in [1.165, 1.54) is 30.9 Å². The van der Waals surface area contributed by atoms with Gasteiger partial charge in [-0.05, 0) is 51.5 Å². The molecule has 1 amide bonds. The number of aryl methyl sites for hydroxylation is 1. The summed E-state index contributed by atoms with van der Waals surface area (Å²) in [5.41, 5.74) is 6.93. The zero-order valence-corrected chi connectivity index (χ0v) is 21.3. The summed E-state index contributed by atoms with van der Waals surface area (Å²) in [5, 5.41) is 7.35. The third kappa shape index (κ3) is 6.63. The van der Waals surface area contributed by atoms with Crippen LogP contribution in [0.5, 0.6) is 0 Å². The molecular formula is C22H31ClFN5O3S. The molecule has 1 heterocycles. The summed E-state index contributed by atoms with van der Waals surface area (Å²) in [5.74, 6) is -0.894. The molecule has 1 aromatic heterocycles. The van der Waals surface area contributed by atoms with Gasteiger partial charge in [0, 0.05) is 38.2 Å². The molecule has 2 rings (SSSR count). The first kappa shape index (κ1) is 27.0. The second-order valence-electron chi connectivity index (χ2n) is 8.89. The van der Waals surface area contributed by atoms with Crippen LogP contribution in [0.2, 0.25) is 5.02 Å². The first-order valence-electron chi connectivity index (χ1n) is 10.3. The predicted octanol–water partition coefficient (Wildman–Crippen LogP) is 3.03. The quantitative estimate of drug-likeness (QED) is 0.580. The van der Waals surface area contributed by atoms with Crippen molar-refractivity contribution in [3.63, 3.8) is 0 Å². The Balaban J connectivity index is 2.53. The topological polar surface area (TPSA) is 110 Å². The van der Waals surface area contributed by atoms with E-state index in [1.807, 2.05) is 20.8 Å². The molecule has 11 heteroatoms. The van der Waals surface area contributed by atoms with E-state index in [9.17, 15) is 17.6 Å². The molecule has 0 unspecified atom stereocenters. The number of nitrogens with two attached hydrogens (primary N) is 1. The first-order chi connectivity index (χ1) is 15.2. The Labute approximate surface area is 199 Å². The molecule has 0 spiro atoms. The molecule has 0 saturated carbocycles. The third-order valence-corrected chi connectivity index (χ3v) is 7.03. The van der Waals surface area contributed by atoms with Gasteiger partial charge in [-0.3, -0.25) is 9.48 Å². The Bertz CT molecular complexity index is 1170. The predicted molar refractivity (Wildman–Crippen MR) is 128 cm³/mol. The van der Waals surface area contributed by atoms with Crippen molar-refractivity contribution in [1.82, 2.24) is 19.4 Å². The number of carbonyl (C=O) groups is 1. The van der Waals surface area contributed by atoms with Crippen LogP contribution in [0.25, 0.3) is 0 Å². The number of allylic oxidation sites excluding steroid dienone is 1. The zero-order chi connectivity index (χ0) is 25.1. The van der Waals surface area contributed by atoms with Gasteiger partial charge >= 0.3 is 0 Å². The summed E-state index contributed by atoms with van der Waals surface area (Å²) >= 11 is 6.29. The van der Waals surface area contributed by atoms with Crippen LogP contribution in [-0.2, 0) is 23.0 Å². The molecule has 2 aromatic rings. The Morgan fingerprint density at radius 3 is 2.48 bits per heavy atom. The number of amides is 1. The van der Waals surface area contributed by atoms with Crippen molar-refractivity contribution in [3.05, 3.63) is 57.6 Å². The molecule has 0 fully saturated rings. The second kappa shape index (κ2) is 10.3. The lowest BCUT2D eigenvalue weighted by molar-refractivity contribution is 0.0907. The fraction of sp³-hybridized carbons (Fsp3) is 0.455. The van der Waals surface area contributed by atoms with Gasteiger partial charge in [0.1, 0.15) is 16.4 Å². The maximum absolute atomic E-state index is 14.2. The third-order valence-electron chi connectivity index (χ3n) is 4.73. The molecule has 182 valence electrons. The second-order valence-corrected chi connectivity index (χ2v) is 11.4. The normalized spacial score (nSPS) is 13.0. The lowest BCUT2D eigenvalue weighted by Gasteiger charge is -2.21. The SMILES string of the molecule is Cc1nn(C/C(F)=C/CN)c(C(=O)NC(C)(C)C)c1Cc1ccc(S(=O)(=O)N(C)C)c(Cl)c1. The molecule has 0 radical (unpaired) electrons. The number of rotatable bonds is 8. The first-order valence-corrected chi connectivity index (χ1v) is 12.1. The van der Waals surface area contributed by atoms with Gasteiger partial charge in [-0.25, -0.2) is 17.1 Å². The van der Waals surface area contributed by atoms with Crippen molar-refractivity contribution in [3.8, 4) is 0 Å². The molecule has 8 nitrogen and oxygen atoms in total. The van der Waals surface area contributed by atoms with Crippen LogP contribution in [0.1, 0.15) is 48.1 Å². The molecular weight excluding hydrogens is 469 g/mol. The highest BCUT2D eigenvalue weighted by Gasteiger charge is 2.26. The number of nitrogens with one attached hydrogen (secondary N) is 1. The van der Waals surface area contributed by atoms with Crippen molar-refractivity contribution in [2.24, 2.45) is 5.73 Å². The fourth-order valence-corrected chi connectivity index (χ4v) is 4.63. The monoisotopic (exact) mass is 499 g/mol. The summed E-state index contributed by atoms with van der Waals surface area (Å²) in [4.78, 5) is 13.1. The van der Waals surface area contributed by atoms with Crippen molar-refractivity contribution < 1.29 is 17.6 Å². The van der Waals surface area contributed by atoms with Crippen molar-refractivity contribution in [1.29, 1.82) is 0 Å². The van der Waals surface area contributed by atoms with Crippen LogP contribution in [0.3, 0.4) is 0 Å². The zero-order valence-electron chi connectivity index (χ0n) is 19.7. The van der Waals surface area contributed by atoms with Crippen LogP contribution in [0.4, 0.5) is 4.39 Å². The molecule has 0 aliphatic rings. The van der Waals surface area contributed by atoms with Gasteiger partial charge in [0.2, 0.25) is 10.0 Å². The summed E-state index contributed by atoms with van der Waals surface area (Å²) in [6.45, 7) is 7.07. The number of carbonyl (C=O) groups excluding carboxylic acids is 1. The average Bonchev–Trinajstić information content (AvgIpc) is 2.95. The van der Waals surface area contributed by atoms with Crippen molar-refractivity contribution in [2.45, 2.75) is 51.1 Å². The average molecular weight is 500 g/mol. The summed E-state index contributed by atoms with van der Waals surface area (Å²) in [6.07, 6.45) is 1.48. The maximum Gasteiger partial charge on any atom is 0.270 e. The Morgan fingerprint density at radius 2 is 1.97 bits per heavy atom. The molecule has 33 heavy (non-hydrogen) atoms. The Morgan fingerprint density at radius 1 is 1.33 bits per heavy atom. The van der Waals surface area contributed by atoms with Crippen molar-refractivity contribution in [2.75, 3.05) is 20.6 Å². The van der Waals surface area contributed by atoms with Gasteiger partial charge in [0.05, 0.1) is 17.3 Å². The molecule has 3 N–H and O–H groups in total. The minimum Gasteiger partial charge on any atom is -0.346 e. The summed E-state index contributed by atoms with van der Waals surface area (Å²) in [7, 11) is -0.847. The van der Waals surface area contributed by atoms with Crippen molar-refractivity contribution >= 4 is 27.5 Å². The molecule has 0 aliphatic heterocycles. The number of sulfonamides is 1. The minimum absolute atomic E-state index is 0.00924. The summed E-state index contributed by atoms with van der Waals surface area (Å²) in [6, 6.07) is 4.62. The highest BCUT2D eigenvalue weighted by molar-refractivity contribution is 7.89. The number of nitrogens with zero attached hydrogens (tertiary/aromatic N) is 3. The van der Waals surface area contributed by atoms with Gasteiger partial charge in [0.15, 0.2) is 0 Å². The van der Waals surface area contributed by atoms with Crippen LogP contribution in [-0.4, -0.2) is 54.6 Å². The Hall–Kier alpha value is -2.27. The molecule has 0 saturated heterocycles. The van der Waals surface area contributed by atoms with Gasteiger partial charge in [-0.2, -0.15) is 5.10 Å². The van der Waals surface area contributed by atoms with E-state index in [0.29, 0.717) is 16.8 Å². The van der Waals surface area contributed by atoms with E-state index in [-0.39, 0.29) is 35.1 Å². The van der Waals surface area contributed by atoms with Gasteiger partial charge < -0.3 is 11.1 Å². The van der Waals surface area contributed by atoms with Crippen LogP contribution in [0, 0.1) is 6.92 Å². The van der Waals surface area contributed by atoms with E-state index in [0.717, 1.165) is 4.31 Å². The highest BCUT2D eigenvalue weighted by atomic mass is 35.5. The molecule has 0 atom stereocenters. The van der Waals surface area contributed by atoms with E-state index < -0.39 is 27.3 Å². The van der Waals surface area contributed by atoms with Crippen LogP contribution in [0.15, 0.2) is 35.0 Å². The van der Waals surface area contributed by atoms with Gasteiger partial charge in [-0.15, -0.1) is 0 Å². The number of hydrogen-bond acceptors (Lipinski definition) is 5. The smallest absolute Gasteiger partial charge is 0.270 e. The Kier molecular flexibility index (Phi) is 8.45. The molecule has 1 aromatic carbocycles. The minimum atomic E-state index is -3.70. The summed E-state index contributed by atoms with van der Waals surface area (Å²) < 4.78 is 41.5. The lowest BCUT2D eigenvalue weighted by Crippen LogP contribution is -2.42.